The highest BCUT2D eigenvalue weighted by molar-refractivity contribution is 8.02. The molecule has 1 saturated heterocycles. The van der Waals surface area contributed by atoms with E-state index in [1.807, 2.05) is 11.8 Å². The van der Waals surface area contributed by atoms with Gasteiger partial charge in [-0.2, -0.15) is 11.8 Å². The number of carbonyl (C=O) groups excluding carboxylic acids is 1. The third kappa shape index (κ3) is 2.38. The molecule has 0 spiro atoms. The lowest BCUT2D eigenvalue weighted by Gasteiger charge is -2.44. The quantitative estimate of drug-likeness (QED) is 0.712. The molecule has 1 fully saturated rings. The number of carbonyl (C=O) groups is 1. The van der Waals surface area contributed by atoms with E-state index in [-0.39, 0.29) is 16.7 Å². The summed E-state index contributed by atoms with van der Waals surface area (Å²) in [4.78, 5) is 11.3. The Morgan fingerprint density at radius 2 is 2.38 bits per heavy atom. The first-order valence-electron chi connectivity index (χ1n) is 4.59. The van der Waals surface area contributed by atoms with Gasteiger partial charge in [-0.3, -0.25) is 4.79 Å². The minimum absolute atomic E-state index is 0.128. The number of nitrogens with one attached hydrogen (secondary N) is 1. The lowest BCUT2D eigenvalue weighted by atomic mass is 10.0. The topological polar surface area (TPSA) is 49.3 Å². The SMILES string of the molecule is CCC(O)C(=O)NC1CSC1(C)C. The molecule has 2 N–H and O–H groups in total. The van der Waals surface area contributed by atoms with E-state index >= 15 is 0 Å². The summed E-state index contributed by atoms with van der Waals surface area (Å²) in [6.07, 6.45) is -0.368. The number of thioether (sulfide) groups is 1. The monoisotopic (exact) mass is 203 g/mol. The Kier molecular flexibility index (Phi) is 3.24. The van der Waals surface area contributed by atoms with Crippen LogP contribution in [0.25, 0.3) is 0 Å². The summed E-state index contributed by atoms with van der Waals surface area (Å²) >= 11 is 1.84. The average molecular weight is 203 g/mol. The molecular formula is C9H17NO2S. The first-order chi connectivity index (χ1) is 5.97. The van der Waals surface area contributed by atoms with Crippen molar-refractivity contribution in [3.63, 3.8) is 0 Å². The van der Waals surface area contributed by atoms with Gasteiger partial charge in [0, 0.05) is 10.5 Å². The van der Waals surface area contributed by atoms with Crippen molar-refractivity contribution in [2.45, 2.75) is 44.1 Å². The minimum Gasteiger partial charge on any atom is -0.383 e. The first kappa shape index (κ1) is 10.9. The highest BCUT2D eigenvalue weighted by Gasteiger charge is 2.40. The third-order valence-electron chi connectivity index (χ3n) is 2.47. The Labute approximate surface area is 83.3 Å². The van der Waals surface area contributed by atoms with E-state index in [1.54, 1.807) is 6.92 Å². The maximum absolute atomic E-state index is 11.3. The zero-order valence-electron chi connectivity index (χ0n) is 8.33. The summed E-state index contributed by atoms with van der Waals surface area (Å²) < 4.78 is 0.128. The van der Waals surface area contributed by atoms with Crippen molar-refractivity contribution in [1.29, 1.82) is 0 Å². The van der Waals surface area contributed by atoms with Crippen LogP contribution in [0.3, 0.4) is 0 Å². The van der Waals surface area contributed by atoms with Crippen molar-refractivity contribution in [1.82, 2.24) is 5.32 Å². The first-order valence-corrected chi connectivity index (χ1v) is 5.58. The van der Waals surface area contributed by atoms with Gasteiger partial charge in [-0.15, -0.1) is 0 Å². The Hall–Kier alpha value is -0.220. The lowest BCUT2D eigenvalue weighted by molar-refractivity contribution is -0.130. The molecule has 0 radical (unpaired) electrons. The van der Waals surface area contributed by atoms with Gasteiger partial charge in [0.25, 0.3) is 0 Å². The van der Waals surface area contributed by atoms with Gasteiger partial charge in [-0.1, -0.05) is 6.92 Å². The highest BCUT2D eigenvalue weighted by atomic mass is 32.2. The van der Waals surface area contributed by atoms with Gasteiger partial charge in [0.15, 0.2) is 0 Å². The number of amides is 1. The molecule has 0 aromatic heterocycles. The standard InChI is InChI=1S/C9H17NO2S/c1-4-6(11)8(12)10-7-5-13-9(7,2)3/h6-7,11H,4-5H2,1-3H3,(H,10,12). The normalized spacial score (nSPS) is 27.5. The predicted molar refractivity (Wildman–Crippen MR) is 54.8 cm³/mol. The molecule has 0 bridgehead atoms. The number of hydrogen-bond donors (Lipinski definition) is 2. The van der Waals surface area contributed by atoms with Gasteiger partial charge in [-0.05, 0) is 20.3 Å². The fourth-order valence-electron chi connectivity index (χ4n) is 1.17. The number of aliphatic hydroxyl groups excluding tert-OH is 1. The zero-order valence-corrected chi connectivity index (χ0v) is 9.15. The second kappa shape index (κ2) is 3.88. The van der Waals surface area contributed by atoms with Crippen LogP contribution in [0.4, 0.5) is 0 Å². The Balaban J connectivity index is 2.37. The summed E-state index contributed by atoms with van der Waals surface area (Å²) in [5.74, 6) is 0.718. The van der Waals surface area contributed by atoms with Crippen molar-refractivity contribution in [2.24, 2.45) is 0 Å². The van der Waals surface area contributed by atoms with Crippen molar-refractivity contribution < 1.29 is 9.90 Å². The van der Waals surface area contributed by atoms with Gasteiger partial charge in [0.1, 0.15) is 6.10 Å². The van der Waals surface area contributed by atoms with Gasteiger partial charge < -0.3 is 10.4 Å². The lowest BCUT2D eigenvalue weighted by Crippen LogP contribution is -2.58. The fraction of sp³-hybridized carbons (Fsp3) is 0.889. The van der Waals surface area contributed by atoms with Crippen molar-refractivity contribution >= 4 is 17.7 Å². The van der Waals surface area contributed by atoms with E-state index in [0.29, 0.717) is 6.42 Å². The minimum atomic E-state index is -0.846. The van der Waals surface area contributed by atoms with E-state index in [0.717, 1.165) is 5.75 Å². The van der Waals surface area contributed by atoms with Gasteiger partial charge in [0.05, 0.1) is 6.04 Å². The number of rotatable bonds is 3. The summed E-state index contributed by atoms with van der Waals surface area (Å²) in [7, 11) is 0. The van der Waals surface area contributed by atoms with Crippen molar-refractivity contribution in [3.05, 3.63) is 0 Å². The van der Waals surface area contributed by atoms with Crippen LogP contribution in [0.2, 0.25) is 0 Å². The van der Waals surface area contributed by atoms with E-state index in [1.165, 1.54) is 0 Å². The Morgan fingerprint density at radius 3 is 2.69 bits per heavy atom. The molecule has 0 aliphatic carbocycles. The summed E-state index contributed by atoms with van der Waals surface area (Å²) in [6, 6.07) is 0.214. The molecule has 1 heterocycles. The van der Waals surface area contributed by atoms with E-state index in [2.05, 4.69) is 19.2 Å². The van der Waals surface area contributed by atoms with E-state index < -0.39 is 6.10 Å². The number of hydrogen-bond acceptors (Lipinski definition) is 3. The van der Waals surface area contributed by atoms with Gasteiger partial charge >= 0.3 is 0 Å². The van der Waals surface area contributed by atoms with Gasteiger partial charge in [0.2, 0.25) is 5.91 Å². The second-order valence-corrected chi connectivity index (χ2v) is 5.57. The molecule has 2 atom stereocenters. The summed E-state index contributed by atoms with van der Waals surface area (Å²) in [5.41, 5.74) is 0. The van der Waals surface area contributed by atoms with Crippen LogP contribution in [0.15, 0.2) is 0 Å². The third-order valence-corrected chi connectivity index (χ3v) is 4.00. The van der Waals surface area contributed by atoms with Crippen molar-refractivity contribution in [2.75, 3.05) is 5.75 Å². The fourth-order valence-corrected chi connectivity index (χ4v) is 2.31. The molecule has 76 valence electrons. The van der Waals surface area contributed by atoms with Crippen LogP contribution in [0, 0.1) is 0 Å². The molecule has 0 aromatic carbocycles. The second-order valence-electron chi connectivity index (χ2n) is 3.90. The molecule has 0 saturated carbocycles. The molecule has 3 nitrogen and oxygen atoms in total. The molecule has 1 aliphatic rings. The smallest absolute Gasteiger partial charge is 0.249 e. The van der Waals surface area contributed by atoms with E-state index in [4.69, 9.17) is 0 Å². The van der Waals surface area contributed by atoms with Crippen LogP contribution < -0.4 is 5.32 Å². The van der Waals surface area contributed by atoms with Crippen LogP contribution >= 0.6 is 11.8 Å². The molecule has 2 unspecified atom stereocenters. The Morgan fingerprint density at radius 1 is 1.77 bits per heavy atom. The van der Waals surface area contributed by atoms with Crippen LogP contribution in [0.1, 0.15) is 27.2 Å². The Bertz CT molecular complexity index is 206. The summed E-state index contributed by atoms with van der Waals surface area (Å²) in [5, 5.41) is 12.1. The molecule has 1 amide bonds. The summed E-state index contributed by atoms with van der Waals surface area (Å²) in [6.45, 7) is 6.00. The molecule has 1 rings (SSSR count). The van der Waals surface area contributed by atoms with Crippen LogP contribution in [0.5, 0.6) is 0 Å². The maximum atomic E-state index is 11.3. The molecule has 1 aliphatic heterocycles. The highest BCUT2D eigenvalue weighted by Crippen LogP contribution is 2.39. The van der Waals surface area contributed by atoms with Crippen LogP contribution in [-0.2, 0) is 4.79 Å². The van der Waals surface area contributed by atoms with Crippen molar-refractivity contribution in [3.8, 4) is 0 Å². The zero-order chi connectivity index (χ0) is 10.1. The largest absolute Gasteiger partial charge is 0.383 e. The van der Waals surface area contributed by atoms with Gasteiger partial charge in [-0.25, -0.2) is 0 Å². The maximum Gasteiger partial charge on any atom is 0.249 e. The average Bonchev–Trinajstić information content (AvgIpc) is 2.10. The molecule has 4 heteroatoms. The van der Waals surface area contributed by atoms with E-state index in [9.17, 15) is 9.90 Å². The molecule has 13 heavy (non-hydrogen) atoms. The predicted octanol–water partition coefficient (Wildman–Crippen LogP) is 0.767. The number of aliphatic hydroxyl groups is 1. The molecule has 0 aromatic rings. The van der Waals surface area contributed by atoms with Crippen LogP contribution in [-0.4, -0.2) is 33.7 Å². The molecular weight excluding hydrogens is 186 g/mol.